The molecule has 7 aromatic rings. The molecule has 0 bridgehead atoms. The SMILES string of the molecule is CCc1cc2c(-c3ccc(C(F)(F)F)cc3)cccc2[cH-]1.CCc1cc2c(-c3ccc(C(F)(F)F)cc3)cccc2[cH-]1.[Cl-].[Cl-].[Zr+2]=[Si]Cc1ccccc1. The topological polar surface area (TPSA) is 0 Å². The molecule has 0 unspecified atom stereocenters. The second kappa shape index (κ2) is 19.8. The van der Waals surface area contributed by atoms with E-state index in [1.54, 1.807) is 23.3 Å². The zero-order chi connectivity index (χ0) is 36.6. The van der Waals surface area contributed by atoms with Gasteiger partial charge in [-0.2, -0.15) is 38.5 Å². The number of alkyl halides is 6. The Morgan fingerprint density at radius 1 is 0.528 bits per heavy atom. The molecule has 0 N–H and O–H groups in total. The molecule has 0 aromatic heterocycles. The van der Waals surface area contributed by atoms with Crippen molar-refractivity contribution < 1.29 is 74.5 Å². The summed E-state index contributed by atoms with van der Waals surface area (Å²) in [6.07, 6.45) is -5.57. The monoisotopic (exact) mass is 853 g/mol. The summed E-state index contributed by atoms with van der Waals surface area (Å²) in [7, 11) is 0. The van der Waals surface area contributed by atoms with Crippen LogP contribution in [-0.4, -0.2) is 6.16 Å². The summed E-state index contributed by atoms with van der Waals surface area (Å²) in [6.45, 7) is 4.18. The van der Waals surface area contributed by atoms with Gasteiger partial charge in [-0.05, 0) is 48.2 Å². The van der Waals surface area contributed by atoms with Crippen LogP contribution in [0.2, 0.25) is 0 Å². The predicted octanol–water partition coefficient (Wildman–Crippen LogP) is 6.97. The van der Waals surface area contributed by atoms with E-state index in [4.69, 9.17) is 0 Å². The van der Waals surface area contributed by atoms with Crippen LogP contribution >= 0.6 is 0 Å². The Balaban J connectivity index is 0.000000226. The molecule has 7 aromatic carbocycles. The molecule has 7 rings (SSSR count). The molecule has 53 heavy (non-hydrogen) atoms. The standard InChI is InChI=1S/2C18H14F3.C7H7Si.2ClH.Zr/c2*1-2-12-10-14-4-3-5-16(17(14)11-12)13-6-8-15(9-7-13)18(19,20)21;8-6-7-4-2-1-3-5-7;;;/h2*3-11H,2H2,1H3;1-5H,6H2;2*1H;/q2*-1;;;;+2/p-2. The quantitative estimate of drug-likeness (QED) is 0.0964. The molecule has 273 valence electrons. The van der Waals surface area contributed by atoms with Gasteiger partial charge in [0.25, 0.3) is 0 Å². The van der Waals surface area contributed by atoms with Crippen LogP contribution in [0.3, 0.4) is 0 Å². The van der Waals surface area contributed by atoms with Crippen molar-refractivity contribution in [2.75, 3.05) is 0 Å². The van der Waals surface area contributed by atoms with E-state index in [1.807, 2.05) is 36.4 Å². The molecule has 0 saturated carbocycles. The summed E-state index contributed by atoms with van der Waals surface area (Å²) in [5, 5.41) is 4.44. The van der Waals surface area contributed by atoms with Crippen LogP contribution in [-0.2, 0) is 54.6 Å². The summed E-state index contributed by atoms with van der Waals surface area (Å²) >= 11 is 1.66. The maximum atomic E-state index is 12.6. The molecule has 1 radical (unpaired) electrons. The Bertz CT molecular complexity index is 2050. The maximum absolute atomic E-state index is 12.6. The average molecular weight is 856 g/mol. The normalized spacial score (nSPS) is 11.1. The van der Waals surface area contributed by atoms with Gasteiger partial charge in [-0.15, -0.1) is 69.1 Å². The Labute approximate surface area is 334 Å². The van der Waals surface area contributed by atoms with Gasteiger partial charge in [0.05, 0.1) is 11.1 Å². The second-order valence-corrected chi connectivity index (χ2v) is 15.4. The number of aryl methyl sites for hydroxylation is 2. The molecule has 0 spiro atoms. The Kier molecular flexibility index (Phi) is 16.4. The minimum atomic E-state index is -4.29. The molecule has 0 aliphatic carbocycles. The van der Waals surface area contributed by atoms with Gasteiger partial charge in [0.15, 0.2) is 0 Å². The molecular formula is C43H35Cl2F6SiZr-2. The van der Waals surface area contributed by atoms with E-state index < -0.39 is 23.5 Å². The molecule has 0 aliphatic rings. The van der Waals surface area contributed by atoms with E-state index in [9.17, 15) is 26.3 Å². The van der Waals surface area contributed by atoms with Gasteiger partial charge in [0.1, 0.15) is 0 Å². The fourth-order valence-electron chi connectivity index (χ4n) is 5.88. The second-order valence-electron chi connectivity index (χ2n) is 12.0. The summed E-state index contributed by atoms with van der Waals surface area (Å²) in [4.78, 5) is 0. The van der Waals surface area contributed by atoms with Crippen molar-refractivity contribution in [3.63, 3.8) is 0 Å². The van der Waals surface area contributed by atoms with Crippen LogP contribution in [0.25, 0.3) is 43.8 Å². The molecule has 0 nitrogen and oxygen atoms in total. The van der Waals surface area contributed by atoms with Crippen molar-refractivity contribution in [3.8, 4) is 22.3 Å². The third-order valence-corrected chi connectivity index (χ3v) is 10.5. The van der Waals surface area contributed by atoms with Gasteiger partial charge in [-0.1, -0.05) is 61.4 Å². The first-order valence-electron chi connectivity index (χ1n) is 16.6. The molecule has 0 heterocycles. The zero-order valence-electron chi connectivity index (χ0n) is 28.9. The van der Waals surface area contributed by atoms with Crippen molar-refractivity contribution in [2.24, 2.45) is 0 Å². The van der Waals surface area contributed by atoms with E-state index in [-0.39, 0.29) is 24.8 Å². The molecule has 0 amide bonds. The van der Waals surface area contributed by atoms with E-state index in [0.29, 0.717) is 0 Å². The Hall–Kier alpha value is -3.42. The number of hydrogen-bond acceptors (Lipinski definition) is 0. The van der Waals surface area contributed by atoms with Gasteiger partial charge >= 0.3 is 83.8 Å². The van der Waals surface area contributed by atoms with Crippen molar-refractivity contribution in [1.29, 1.82) is 0 Å². The molecule has 10 heteroatoms. The van der Waals surface area contributed by atoms with Gasteiger partial charge in [0, 0.05) is 0 Å². The minimum absolute atomic E-state index is 0. The Morgan fingerprint density at radius 3 is 1.26 bits per heavy atom. The third-order valence-electron chi connectivity index (χ3n) is 8.62. The van der Waals surface area contributed by atoms with Crippen LogP contribution in [0.5, 0.6) is 0 Å². The first-order chi connectivity index (χ1) is 24.4. The molecule has 0 aliphatic heterocycles. The van der Waals surface area contributed by atoms with Gasteiger partial charge < -0.3 is 24.8 Å². The summed E-state index contributed by atoms with van der Waals surface area (Å²) in [5.41, 5.74) is 6.29. The van der Waals surface area contributed by atoms with Crippen molar-refractivity contribution in [1.82, 2.24) is 0 Å². The van der Waals surface area contributed by atoms with Crippen molar-refractivity contribution >= 4 is 27.7 Å². The first kappa shape index (κ1) is 44.0. The fraction of sp³-hybridized carbons (Fsp3) is 0.163. The first-order valence-corrected chi connectivity index (χ1v) is 21.5. The molecular weight excluding hydrogens is 821 g/mol. The summed E-state index contributed by atoms with van der Waals surface area (Å²) < 4.78 is 75.7. The van der Waals surface area contributed by atoms with E-state index >= 15 is 0 Å². The van der Waals surface area contributed by atoms with Crippen LogP contribution in [0, 0.1) is 0 Å². The number of benzene rings is 5. The van der Waals surface area contributed by atoms with E-state index in [2.05, 4.69) is 68.4 Å². The predicted molar refractivity (Wildman–Crippen MR) is 195 cm³/mol. The third kappa shape index (κ3) is 11.5. The Morgan fingerprint density at radius 2 is 0.925 bits per heavy atom. The summed E-state index contributed by atoms with van der Waals surface area (Å²) in [6, 6.07) is 42.9. The van der Waals surface area contributed by atoms with E-state index in [0.717, 1.165) is 87.1 Å². The van der Waals surface area contributed by atoms with E-state index in [1.165, 1.54) is 47.0 Å². The average Bonchev–Trinajstić information content (AvgIpc) is 3.76. The van der Waals surface area contributed by atoms with Crippen molar-refractivity contribution in [3.05, 3.63) is 167 Å². The fourth-order valence-corrected chi connectivity index (χ4v) is 7.83. The van der Waals surface area contributed by atoms with Gasteiger partial charge in [0.2, 0.25) is 0 Å². The van der Waals surface area contributed by atoms with Crippen LogP contribution in [0.4, 0.5) is 26.3 Å². The number of rotatable bonds is 6. The molecule has 0 atom stereocenters. The van der Waals surface area contributed by atoms with Gasteiger partial charge in [-0.3, -0.25) is 0 Å². The van der Waals surface area contributed by atoms with Crippen LogP contribution in [0.15, 0.2) is 140 Å². The zero-order valence-corrected chi connectivity index (χ0v) is 33.9. The van der Waals surface area contributed by atoms with Crippen LogP contribution in [0.1, 0.15) is 41.7 Å². The molecule has 0 fully saturated rings. The number of hydrogen-bond donors (Lipinski definition) is 0. The summed E-state index contributed by atoms with van der Waals surface area (Å²) in [5.74, 6) is 0. The van der Waals surface area contributed by atoms with Gasteiger partial charge in [-0.25, -0.2) is 0 Å². The number of halogens is 8. The van der Waals surface area contributed by atoms with Crippen molar-refractivity contribution in [2.45, 2.75) is 45.1 Å². The molecule has 0 saturated heterocycles. The number of fused-ring (bicyclic) bond motifs is 2. The van der Waals surface area contributed by atoms with Crippen LogP contribution < -0.4 is 24.8 Å².